The van der Waals surface area contributed by atoms with E-state index < -0.39 is 16.9 Å². The highest BCUT2D eigenvalue weighted by Gasteiger charge is 2.25. The Morgan fingerprint density at radius 2 is 1.80 bits per heavy atom. The van der Waals surface area contributed by atoms with Crippen LogP contribution in [0.1, 0.15) is 29.8 Å². The van der Waals surface area contributed by atoms with Crippen molar-refractivity contribution >= 4 is 16.9 Å². The standard InChI is InChI=1S/C20H18FNO3/c1-20(2,15-8-4-5-9-16(15)21)12-22-18(23)14-11-13-7-3-6-10-17(13)25-19(14)24/h3-11H,12H2,1-2H3,(H,22,23). The lowest BCUT2D eigenvalue weighted by Gasteiger charge is -2.26. The number of hydrogen-bond donors (Lipinski definition) is 1. The van der Waals surface area contributed by atoms with E-state index in [1.54, 1.807) is 42.5 Å². The number of fused-ring (bicyclic) bond motifs is 1. The van der Waals surface area contributed by atoms with Crippen molar-refractivity contribution in [3.8, 4) is 0 Å². The zero-order valence-corrected chi connectivity index (χ0v) is 14.0. The molecule has 25 heavy (non-hydrogen) atoms. The first-order chi connectivity index (χ1) is 11.9. The smallest absolute Gasteiger partial charge is 0.349 e. The van der Waals surface area contributed by atoms with Gasteiger partial charge in [0.2, 0.25) is 0 Å². The first-order valence-corrected chi connectivity index (χ1v) is 7.94. The van der Waals surface area contributed by atoms with Crippen molar-refractivity contribution in [2.24, 2.45) is 0 Å². The van der Waals surface area contributed by atoms with E-state index in [4.69, 9.17) is 4.42 Å². The van der Waals surface area contributed by atoms with Crippen molar-refractivity contribution in [1.82, 2.24) is 5.32 Å². The average Bonchev–Trinajstić information content (AvgIpc) is 2.59. The van der Waals surface area contributed by atoms with Gasteiger partial charge >= 0.3 is 5.63 Å². The van der Waals surface area contributed by atoms with Crippen molar-refractivity contribution in [3.05, 3.63) is 82.0 Å². The van der Waals surface area contributed by atoms with Crippen LogP contribution < -0.4 is 10.9 Å². The van der Waals surface area contributed by atoms with E-state index in [2.05, 4.69) is 5.32 Å². The summed E-state index contributed by atoms with van der Waals surface area (Å²) in [5.74, 6) is -0.865. The fraction of sp³-hybridized carbons (Fsp3) is 0.200. The highest BCUT2D eigenvalue weighted by atomic mass is 19.1. The Morgan fingerprint density at radius 1 is 1.12 bits per heavy atom. The maximum Gasteiger partial charge on any atom is 0.349 e. The number of carbonyl (C=O) groups is 1. The van der Waals surface area contributed by atoms with Gasteiger partial charge in [-0.15, -0.1) is 0 Å². The average molecular weight is 339 g/mol. The molecule has 0 bridgehead atoms. The molecule has 0 unspecified atom stereocenters. The summed E-state index contributed by atoms with van der Waals surface area (Å²) >= 11 is 0. The number of halogens is 1. The number of hydrogen-bond acceptors (Lipinski definition) is 3. The Kier molecular flexibility index (Phi) is 4.40. The highest BCUT2D eigenvalue weighted by molar-refractivity contribution is 5.96. The number of carbonyl (C=O) groups excluding carboxylic acids is 1. The molecule has 1 heterocycles. The largest absolute Gasteiger partial charge is 0.422 e. The predicted molar refractivity (Wildman–Crippen MR) is 94.2 cm³/mol. The third kappa shape index (κ3) is 3.45. The van der Waals surface area contributed by atoms with Crippen LogP contribution in [0.4, 0.5) is 4.39 Å². The lowest BCUT2D eigenvalue weighted by molar-refractivity contribution is 0.0941. The predicted octanol–water partition coefficient (Wildman–Crippen LogP) is 3.64. The van der Waals surface area contributed by atoms with Gasteiger partial charge in [-0.3, -0.25) is 4.79 Å². The van der Waals surface area contributed by atoms with Crippen LogP contribution in [0.2, 0.25) is 0 Å². The van der Waals surface area contributed by atoms with Gasteiger partial charge < -0.3 is 9.73 Å². The number of nitrogens with one attached hydrogen (secondary N) is 1. The van der Waals surface area contributed by atoms with Crippen molar-refractivity contribution in [2.75, 3.05) is 6.54 Å². The minimum absolute atomic E-state index is 0.0666. The monoisotopic (exact) mass is 339 g/mol. The Balaban J connectivity index is 1.82. The molecule has 4 nitrogen and oxygen atoms in total. The highest BCUT2D eigenvalue weighted by Crippen LogP contribution is 2.25. The molecule has 0 saturated heterocycles. The molecule has 0 saturated carbocycles. The van der Waals surface area contributed by atoms with Gasteiger partial charge in [-0.05, 0) is 23.8 Å². The van der Waals surface area contributed by atoms with Crippen LogP contribution in [0, 0.1) is 5.82 Å². The molecular formula is C20H18FNO3. The summed E-state index contributed by atoms with van der Waals surface area (Å²) in [5.41, 5.74) is -0.461. The van der Waals surface area contributed by atoms with Crippen molar-refractivity contribution in [2.45, 2.75) is 19.3 Å². The van der Waals surface area contributed by atoms with Gasteiger partial charge in [-0.1, -0.05) is 50.2 Å². The quantitative estimate of drug-likeness (QED) is 0.738. The second-order valence-electron chi connectivity index (χ2n) is 6.53. The molecule has 3 rings (SSSR count). The van der Waals surface area contributed by atoms with Gasteiger partial charge in [0.25, 0.3) is 5.91 Å². The number of para-hydroxylation sites is 1. The van der Waals surface area contributed by atoms with Gasteiger partial charge in [0.1, 0.15) is 17.0 Å². The van der Waals surface area contributed by atoms with Crippen LogP contribution in [0.25, 0.3) is 11.0 Å². The minimum Gasteiger partial charge on any atom is -0.422 e. The summed E-state index contributed by atoms with van der Waals surface area (Å²) in [4.78, 5) is 24.4. The fourth-order valence-corrected chi connectivity index (χ4v) is 2.72. The van der Waals surface area contributed by atoms with Crippen molar-refractivity contribution < 1.29 is 13.6 Å². The molecule has 0 fully saturated rings. The van der Waals surface area contributed by atoms with Gasteiger partial charge in [-0.25, -0.2) is 9.18 Å². The zero-order chi connectivity index (χ0) is 18.0. The number of rotatable bonds is 4. The molecule has 0 aliphatic heterocycles. The summed E-state index contributed by atoms with van der Waals surface area (Å²) in [5, 5.41) is 3.37. The molecule has 0 atom stereocenters. The molecule has 0 radical (unpaired) electrons. The molecule has 1 amide bonds. The summed E-state index contributed by atoms with van der Waals surface area (Å²) in [6.45, 7) is 3.84. The third-order valence-electron chi connectivity index (χ3n) is 4.18. The molecule has 3 aromatic rings. The molecule has 2 aromatic carbocycles. The zero-order valence-electron chi connectivity index (χ0n) is 14.0. The normalized spacial score (nSPS) is 11.5. The molecule has 0 aliphatic carbocycles. The maximum absolute atomic E-state index is 14.0. The van der Waals surface area contributed by atoms with Crippen LogP contribution >= 0.6 is 0 Å². The maximum atomic E-state index is 14.0. The first-order valence-electron chi connectivity index (χ1n) is 7.94. The van der Waals surface area contributed by atoms with Crippen LogP contribution in [0.15, 0.2) is 63.8 Å². The topological polar surface area (TPSA) is 59.3 Å². The number of benzene rings is 2. The van der Waals surface area contributed by atoms with Gasteiger partial charge in [-0.2, -0.15) is 0 Å². The summed E-state index contributed by atoms with van der Waals surface area (Å²) < 4.78 is 19.2. The van der Waals surface area contributed by atoms with Crippen molar-refractivity contribution in [3.63, 3.8) is 0 Å². The summed E-state index contributed by atoms with van der Waals surface area (Å²) in [6, 6.07) is 14.9. The van der Waals surface area contributed by atoms with Gasteiger partial charge in [0, 0.05) is 17.3 Å². The van der Waals surface area contributed by atoms with Crippen molar-refractivity contribution in [1.29, 1.82) is 0 Å². The SMILES string of the molecule is CC(C)(CNC(=O)c1cc2ccccc2oc1=O)c1ccccc1F. The Hall–Kier alpha value is -2.95. The van der Waals surface area contributed by atoms with Crippen LogP contribution in [0.3, 0.4) is 0 Å². The minimum atomic E-state index is -0.695. The van der Waals surface area contributed by atoms with E-state index in [0.717, 1.165) is 0 Å². The van der Waals surface area contributed by atoms with Crippen LogP contribution in [-0.2, 0) is 5.41 Å². The Bertz CT molecular complexity index is 991. The lowest BCUT2D eigenvalue weighted by Crippen LogP contribution is -2.38. The molecule has 1 aromatic heterocycles. The molecule has 0 spiro atoms. The second kappa shape index (κ2) is 6.51. The molecule has 0 aliphatic rings. The van der Waals surface area contributed by atoms with Gasteiger partial charge in [0.15, 0.2) is 0 Å². The first kappa shape index (κ1) is 16.9. The van der Waals surface area contributed by atoms with E-state index >= 15 is 0 Å². The molecule has 128 valence electrons. The Morgan fingerprint density at radius 3 is 2.56 bits per heavy atom. The fourth-order valence-electron chi connectivity index (χ4n) is 2.72. The molecule has 5 heteroatoms. The summed E-state index contributed by atoms with van der Waals surface area (Å²) in [6.07, 6.45) is 0. The van der Waals surface area contributed by atoms with E-state index in [-0.39, 0.29) is 17.9 Å². The van der Waals surface area contributed by atoms with Crippen LogP contribution in [0.5, 0.6) is 0 Å². The lowest BCUT2D eigenvalue weighted by atomic mass is 9.84. The van der Waals surface area contributed by atoms with Crippen LogP contribution in [-0.4, -0.2) is 12.5 Å². The van der Waals surface area contributed by atoms with E-state index in [9.17, 15) is 14.0 Å². The Labute approximate surface area is 144 Å². The second-order valence-corrected chi connectivity index (χ2v) is 6.53. The molecular weight excluding hydrogens is 321 g/mol. The van der Waals surface area contributed by atoms with E-state index in [1.807, 2.05) is 13.8 Å². The third-order valence-corrected chi connectivity index (χ3v) is 4.18. The van der Waals surface area contributed by atoms with E-state index in [0.29, 0.717) is 16.5 Å². The molecule has 1 N–H and O–H groups in total. The summed E-state index contributed by atoms with van der Waals surface area (Å²) in [7, 11) is 0. The number of amides is 1. The van der Waals surface area contributed by atoms with Gasteiger partial charge in [0.05, 0.1) is 0 Å². The van der Waals surface area contributed by atoms with E-state index in [1.165, 1.54) is 12.1 Å².